The molecule has 86 valence electrons. The molecule has 0 atom stereocenters. The lowest BCUT2D eigenvalue weighted by atomic mass is 10.1. The third kappa shape index (κ3) is 3.09. The molecule has 0 aromatic heterocycles. The second-order valence-electron chi connectivity index (χ2n) is 3.45. The monoisotopic (exact) mass is 234 g/mol. The molecule has 4 heteroatoms. The van der Waals surface area contributed by atoms with Gasteiger partial charge >= 0.3 is 0 Å². The Balaban J connectivity index is 2.18. The van der Waals surface area contributed by atoms with Crippen LogP contribution in [0.3, 0.4) is 0 Å². The van der Waals surface area contributed by atoms with Crippen molar-refractivity contribution < 1.29 is 0 Å². The van der Waals surface area contributed by atoms with Gasteiger partial charge in [-0.25, -0.2) is 0 Å². The fourth-order valence-electron chi connectivity index (χ4n) is 1.35. The maximum atomic E-state index is 8.99. The van der Waals surface area contributed by atoms with E-state index in [1.807, 2.05) is 54.6 Å². The molecular formula is C14H10N4. The SMILES string of the molecule is N#CC(=NN=Nc1ccccc1)c1ccccc1. The van der Waals surface area contributed by atoms with Gasteiger partial charge in [-0.2, -0.15) is 5.26 Å². The van der Waals surface area contributed by atoms with Crippen LogP contribution < -0.4 is 0 Å². The molecule has 0 radical (unpaired) electrons. The predicted molar refractivity (Wildman–Crippen MR) is 69.6 cm³/mol. The first-order chi connectivity index (χ1) is 8.90. The zero-order valence-electron chi connectivity index (χ0n) is 9.56. The Morgan fingerprint density at radius 3 is 2.11 bits per heavy atom. The molecule has 18 heavy (non-hydrogen) atoms. The maximum Gasteiger partial charge on any atom is 0.172 e. The van der Waals surface area contributed by atoms with E-state index in [9.17, 15) is 0 Å². The molecule has 2 aromatic carbocycles. The van der Waals surface area contributed by atoms with E-state index in [4.69, 9.17) is 5.26 Å². The van der Waals surface area contributed by atoms with Gasteiger partial charge in [0.1, 0.15) is 6.07 Å². The van der Waals surface area contributed by atoms with E-state index in [1.165, 1.54) is 0 Å². The van der Waals surface area contributed by atoms with Gasteiger partial charge in [0.15, 0.2) is 5.71 Å². The van der Waals surface area contributed by atoms with Crippen molar-refractivity contribution >= 4 is 11.4 Å². The molecule has 0 bridgehead atoms. The Hall–Kier alpha value is -2.80. The van der Waals surface area contributed by atoms with Gasteiger partial charge in [0.05, 0.1) is 5.69 Å². The second-order valence-corrected chi connectivity index (χ2v) is 3.45. The van der Waals surface area contributed by atoms with E-state index in [1.54, 1.807) is 12.1 Å². The molecule has 2 aromatic rings. The average Bonchev–Trinajstić information content (AvgIpc) is 2.46. The fourth-order valence-corrected chi connectivity index (χ4v) is 1.35. The summed E-state index contributed by atoms with van der Waals surface area (Å²) in [6.45, 7) is 0. The minimum atomic E-state index is 0.246. The molecular weight excluding hydrogens is 224 g/mol. The molecule has 0 fully saturated rings. The van der Waals surface area contributed by atoms with Crippen LogP contribution in [0.5, 0.6) is 0 Å². The summed E-state index contributed by atoms with van der Waals surface area (Å²) in [5.41, 5.74) is 1.67. The van der Waals surface area contributed by atoms with Gasteiger partial charge in [0, 0.05) is 5.56 Å². The van der Waals surface area contributed by atoms with Crippen molar-refractivity contribution in [2.24, 2.45) is 15.4 Å². The summed E-state index contributed by atoms with van der Waals surface area (Å²) in [6, 6.07) is 20.4. The number of nitriles is 1. The largest absolute Gasteiger partial charge is 0.191 e. The zero-order valence-corrected chi connectivity index (χ0v) is 9.56. The summed E-state index contributed by atoms with van der Waals surface area (Å²) in [5, 5.41) is 20.4. The summed E-state index contributed by atoms with van der Waals surface area (Å²) in [6.07, 6.45) is 0. The summed E-state index contributed by atoms with van der Waals surface area (Å²) >= 11 is 0. The zero-order chi connectivity index (χ0) is 12.6. The molecule has 0 aliphatic rings. The Morgan fingerprint density at radius 2 is 1.50 bits per heavy atom. The van der Waals surface area contributed by atoms with Crippen molar-refractivity contribution in [1.82, 2.24) is 0 Å². The lowest BCUT2D eigenvalue weighted by molar-refractivity contribution is 1.06. The third-order valence-corrected chi connectivity index (χ3v) is 2.21. The number of hydrogen-bond acceptors (Lipinski definition) is 3. The Morgan fingerprint density at radius 1 is 0.889 bits per heavy atom. The molecule has 0 saturated carbocycles. The highest BCUT2D eigenvalue weighted by Crippen LogP contribution is 2.10. The highest BCUT2D eigenvalue weighted by atomic mass is 15.4. The fraction of sp³-hybridized carbons (Fsp3) is 0. The van der Waals surface area contributed by atoms with E-state index in [0.29, 0.717) is 5.69 Å². The standard InChI is InChI=1S/C14H10N4/c15-11-14(12-7-3-1-4-8-12)17-18-16-13-9-5-2-6-10-13/h1-10H. The van der Waals surface area contributed by atoms with Crippen LogP contribution in [-0.4, -0.2) is 5.71 Å². The van der Waals surface area contributed by atoms with Crippen LogP contribution in [0, 0.1) is 11.3 Å². The van der Waals surface area contributed by atoms with Crippen LogP contribution in [-0.2, 0) is 0 Å². The number of benzene rings is 2. The Bertz CT molecular complexity index is 595. The van der Waals surface area contributed by atoms with Crippen LogP contribution in [0.15, 0.2) is 76.1 Å². The highest BCUT2D eigenvalue weighted by molar-refractivity contribution is 6.11. The van der Waals surface area contributed by atoms with Crippen LogP contribution in [0.25, 0.3) is 0 Å². The lowest BCUT2D eigenvalue weighted by Crippen LogP contribution is -1.94. The van der Waals surface area contributed by atoms with Crippen LogP contribution in [0.1, 0.15) is 5.56 Å². The highest BCUT2D eigenvalue weighted by Gasteiger charge is 1.99. The second kappa shape index (κ2) is 6.06. The third-order valence-electron chi connectivity index (χ3n) is 2.21. The first-order valence-electron chi connectivity index (χ1n) is 5.39. The number of nitrogens with zero attached hydrogens (tertiary/aromatic N) is 4. The van der Waals surface area contributed by atoms with Crippen molar-refractivity contribution in [1.29, 1.82) is 5.26 Å². The van der Waals surface area contributed by atoms with Crippen molar-refractivity contribution in [3.63, 3.8) is 0 Å². The lowest BCUT2D eigenvalue weighted by Gasteiger charge is -1.93. The van der Waals surface area contributed by atoms with Gasteiger partial charge in [-0.3, -0.25) is 0 Å². The van der Waals surface area contributed by atoms with Gasteiger partial charge in [0.25, 0.3) is 0 Å². The maximum absolute atomic E-state index is 8.99. The predicted octanol–water partition coefficient (Wildman–Crippen LogP) is 3.70. The molecule has 0 aliphatic heterocycles. The van der Waals surface area contributed by atoms with Gasteiger partial charge in [-0.1, -0.05) is 48.5 Å². The van der Waals surface area contributed by atoms with Crippen molar-refractivity contribution in [3.8, 4) is 6.07 Å². The molecule has 0 aliphatic carbocycles. The number of rotatable bonds is 3. The first-order valence-corrected chi connectivity index (χ1v) is 5.39. The van der Waals surface area contributed by atoms with Crippen LogP contribution in [0.4, 0.5) is 5.69 Å². The van der Waals surface area contributed by atoms with Gasteiger partial charge in [-0.05, 0) is 17.4 Å². The summed E-state index contributed by atoms with van der Waals surface area (Å²) in [5.74, 6) is 0. The Labute approximate surface area is 105 Å². The van der Waals surface area contributed by atoms with E-state index < -0.39 is 0 Å². The summed E-state index contributed by atoms with van der Waals surface area (Å²) < 4.78 is 0. The van der Waals surface area contributed by atoms with E-state index in [2.05, 4.69) is 15.4 Å². The van der Waals surface area contributed by atoms with Gasteiger partial charge in [-0.15, -0.1) is 10.2 Å². The topological polar surface area (TPSA) is 60.9 Å². The van der Waals surface area contributed by atoms with Crippen molar-refractivity contribution in [3.05, 3.63) is 66.2 Å². The van der Waals surface area contributed by atoms with Crippen molar-refractivity contribution in [2.45, 2.75) is 0 Å². The smallest absolute Gasteiger partial charge is 0.172 e. The normalized spacial score (nSPS) is 11.4. The van der Waals surface area contributed by atoms with E-state index in [0.717, 1.165) is 5.56 Å². The minimum Gasteiger partial charge on any atom is -0.191 e. The van der Waals surface area contributed by atoms with E-state index >= 15 is 0 Å². The molecule has 0 heterocycles. The van der Waals surface area contributed by atoms with Crippen LogP contribution in [0.2, 0.25) is 0 Å². The van der Waals surface area contributed by atoms with Crippen molar-refractivity contribution in [2.75, 3.05) is 0 Å². The molecule has 2 rings (SSSR count). The van der Waals surface area contributed by atoms with Gasteiger partial charge in [0.2, 0.25) is 0 Å². The summed E-state index contributed by atoms with van der Waals surface area (Å²) in [4.78, 5) is 0. The van der Waals surface area contributed by atoms with E-state index in [-0.39, 0.29) is 5.71 Å². The molecule has 0 unspecified atom stereocenters. The first kappa shape index (κ1) is 11.7. The average molecular weight is 234 g/mol. The molecule has 4 nitrogen and oxygen atoms in total. The quantitative estimate of drug-likeness (QED) is 0.453. The minimum absolute atomic E-state index is 0.246. The molecule has 0 N–H and O–H groups in total. The Kier molecular flexibility index (Phi) is 3.93. The molecule has 0 saturated heterocycles. The van der Waals surface area contributed by atoms with Gasteiger partial charge < -0.3 is 0 Å². The summed E-state index contributed by atoms with van der Waals surface area (Å²) in [7, 11) is 0. The molecule has 0 amide bonds. The molecule has 0 spiro atoms. The number of hydrogen-bond donors (Lipinski definition) is 0. The van der Waals surface area contributed by atoms with Crippen LogP contribution >= 0.6 is 0 Å².